The Morgan fingerprint density at radius 2 is 2.21 bits per heavy atom. The molecule has 1 heterocycles. The summed E-state index contributed by atoms with van der Waals surface area (Å²) in [5.74, 6) is 0.666. The molecule has 0 aromatic heterocycles. The van der Waals surface area contributed by atoms with Gasteiger partial charge in [0.05, 0.1) is 12.7 Å². The maximum Gasteiger partial charge on any atom is 0.0724 e. The Morgan fingerprint density at radius 1 is 1.42 bits per heavy atom. The number of aliphatic hydroxyl groups is 1. The highest BCUT2D eigenvalue weighted by Gasteiger charge is 2.41. The molecule has 0 aromatic carbocycles. The van der Waals surface area contributed by atoms with Crippen molar-refractivity contribution in [3.05, 3.63) is 0 Å². The Labute approximate surface area is 117 Å². The Morgan fingerprint density at radius 3 is 2.84 bits per heavy atom. The fraction of sp³-hybridized carbons (Fsp3) is 1.00. The summed E-state index contributed by atoms with van der Waals surface area (Å²) in [4.78, 5) is 2.59. The van der Waals surface area contributed by atoms with Crippen LogP contribution >= 0.6 is 0 Å². The van der Waals surface area contributed by atoms with Gasteiger partial charge in [0.15, 0.2) is 0 Å². The van der Waals surface area contributed by atoms with Gasteiger partial charge in [-0.2, -0.15) is 0 Å². The van der Waals surface area contributed by atoms with Gasteiger partial charge in [0.2, 0.25) is 0 Å². The summed E-state index contributed by atoms with van der Waals surface area (Å²) in [7, 11) is 1.83. The normalized spacial score (nSPS) is 40.7. The van der Waals surface area contributed by atoms with E-state index in [0.717, 1.165) is 25.9 Å². The number of methoxy groups -OCH3 is 1. The molecule has 2 aliphatic rings. The van der Waals surface area contributed by atoms with Gasteiger partial charge in [0, 0.05) is 25.2 Å². The van der Waals surface area contributed by atoms with Crippen LogP contribution in [0.4, 0.5) is 0 Å². The highest BCUT2D eigenvalue weighted by atomic mass is 16.5. The van der Waals surface area contributed by atoms with Crippen LogP contribution in [0.1, 0.15) is 39.5 Å². The van der Waals surface area contributed by atoms with Gasteiger partial charge < -0.3 is 15.2 Å². The van der Waals surface area contributed by atoms with Crippen LogP contribution in [-0.4, -0.2) is 61.0 Å². The van der Waals surface area contributed by atoms with Gasteiger partial charge in [-0.1, -0.05) is 13.8 Å². The lowest BCUT2D eigenvalue weighted by Crippen LogP contribution is -2.51. The summed E-state index contributed by atoms with van der Waals surface area (Å²) in [6, 6.07) is 0.608. The van der Waals surface area contributed by atoms with E-state index in [1.165, 1.54) is 19.4 Å². The molecule has 0 bridgehead atoms. The summed E-state index contributed by atoms with van der Waals surface area (Å²) in [5.41, 5.74) is -0.0367. The van der Waals surface area contributed by atoms with E-state index >= 15 is 0 Å². The standard InChI is InChI=1S/C15H30N2O2/c1-4-16-15(11-18)7-5-13(9-15)17-8-6-12(2)14(10-17)19-3/h12-14,16,18H,4-11H2,1-3H3. The molecular formula is C15H30N2O2. The van der Waals surface area contributed by atoms with Crippen molar-refractivity contribution in [3.8, 4) is 0 Å². The highest BCUT2D eigenvalue weighted by Crippen LogP contribution is 2.35. The first-order valence-corrected chi connectivity index (χ1v) is 7.77. The van der Waals surface area contributed by atoms with Crippen molar-refractivity contribution in [2.45, 2.75) is 57.2 Å². The van der Waals surface area contributed by atoms with Gasteiger partial charge in [0.25, 0.3) is 0 Å². The summed E-state index contributed by atoms with van der Waals surface area (Å²) in [6.45, 7) is 7.83. The number of aliphatic hydroxyl groups excluding tert-OH is 1. The van der Waals surface area contributed by atoms with E-state index in [1.54, 1.807) is 0 Å². The topological polar surface area (TPSA) is 44.7 Å². The first-order chi connectivity index (χ1) is 9.14. The summed E-state index contributed by atoms with van der Waals surface area (Å²) < 4.78 is 5.61. The van der Waals surface area contributed by atoms with Gasteiger partial charge in [-0.3, -0.25) is 4.90 Å². The third-order valence-corrected chi connectivity index (χ3v) is 5.18. The fourth-order valence-electron chi connectivity index (χ4n) is 3.84. The van der Waals surface area contributed by atoms with Crippen molar-refractivity contribution >= 4 is 0 Å². The Hall–Kier alpha value is -0.160. The number of nitrogens with zero attached hydrogens (tertiary/aromatic N) is 1. The molecule has 0 amide bonds. The lowest BCUT2D eigenvalue weighted by Gasteiger charge is -2.40. The van der Waals surface area contributed by atoms with E-state index in [4.69, 9.17) is 4.74 Å². The first kappa shape index (κ1) is 15.2. The smallest absolute Gasteiger partial charge is 0.0724 e. The van der Waals surface area contributed by atoms with Crippen molar-refractivity contribution < 1.29 is 9.84 Å². The minimum atomic E-state index is -0.0367. The number of hydrogen-bond donors (Lipinski definition) is 2. The molecule has 19 heavy (non-hydrogen) atoms. The fourth-order valence-corrected chi connectivity index (χ4v) is 3.84. The minimum Gasteiger partial charge on any atom is -0.394 e. The first-order valence-electron chi connectivity index (χ1n) is 7.77. The van der Waals surface area contributed by atoms with Crippen molar-refractivity contribution in [1.29, 1.82) is 0 Å². The Bertz CT molecular complexity index is 287. The zero-order valence-corrected chi connectivity index (χ0v) is 12.7. The van der Waals surface area contributed by atoms with Crippen LogP contribution in [0.2, 0.25) is 0 Å². The largest absolute Gasteiger partial charge is 0.394 e. The van der Waals surface area contributed by atoms with E-state index in [2.05, 4.69) is 24.1 Å². The molecule has 2 N–H and O–H groups in total. The molecule has 112 valence electrons. The average Bonchev–Trinajstić information content (AvgIpc) is 2.85. The van der Waals surface area contributed by atoms with E-state index < -0.39 is 0 Å². The third kappa shape index (κ3) is 3.30. The number of likely N-dealkylation sites (N-methyl/N-ethyl adjacent to an activating group) is 1. The SMILES string of the molecule is CCNC1(CO)CCC(N2CCC(C)C(OC)C2)C1. The van der Waals surface area contributed by atoms with E-state index in [0.29, 0.717) is 18.1 Å². The van der Waals surface area contributed by atoms with Crippen LogP contribution in [0.15, 0.2) is 0 Å². The minimum absolute atomic E-state index is 0.0367. The zero-order chi connectivity index (χ0) is 13.9. The third-order valence-electron chi connectivity index (χ3n) is 5.18. The van der Waals surface area contributed by atoms with Gasteiger partial charge in [-0.15, -0.1) is 0 Å². The maximum absolute atomic E-state index is 9.70. The second kappa shape index (κ2) is 6.53. The predicted molar refractivity (Wildman–Crippen MR) is 77.3 cm³/mol. The quantitative estimate of drug-likeness (QED) is 0.789. The Kier molecular flexibility index (Phi) is 5.23. The summed E-state index contributed by atoms with van der Waals surface area (Å²) in [6.07, 6.45) is 4.95. The van der Waals surface area contributed by atoms with Gasteiger partial charge in [0.1, 0.15) is 0 Å². The van der Waals surface area contributed by atoms with Crippen LogP contribution in [0.3, 0.4) is 0 Å². The lowest BCUT2D eigenvalue weighted by molar-refractivity contribution is -0.0196. The lowest BCUT2D eigenvalue weighted by atomic mass is 9.93. The molecule has 1 aliphatic carbocycles. The van der Waals surface area contributed by atoms with E-state index in [-0.39, 0.29) is 12.1 Å². The number of piperidine rings is 1. The summed E-state index contributed by atoms with van der Waals surface area (Å²) in [5, 5.41) is 13.2. The Balaban J connectivity index is 1.93. The van der Waals surface area contributed by atoms with E-state index in [1.807, 2.05) is 7.11 Å². The van der Waals surface area contributed by atoms with Crippen molar-refractivity contribution in [3.63, 3.8) is 0 Å². The van der Waals surface area contributed by atoms with Gasteiger partial charge >= 0.3 is 0 Å². The number of ether oxygens (including phenoxy) is 1. The number of nitrogens with one attached hydrogen (secondary N) is 1. The van der Waals surface area contributed by atoms with Crippen molar-refractivity contribution in [2.75, 3.05) is 33.4 Å². The van der Waals surface area contributed by atoms with Gasteiger partial charge in [-0.05, 0) is 44.7 Å². The molecule has 4 atom stereocenters. The number of rotatable bonds is 5. The molecule has 0 radical (unpaired) electrons. The zero-order valence-electron chi connectivity index (χ0n) is 12.7. The molecule has 0 aromatic rings. The highest BCUT2D eigenvalue weighted by molar-refractivity contribution is 5.00. The van der Waals surface area contributed by atoms with Crippen LogP contribution < -0.4 is 5.32 Å². The molecule has 4 nitrogen and oxygen atoms in total. The number of likely N-dealkylation sites (tertiary alicyclic amines) is 1. The molecule has 0 spiro atoms. The molecule has 2 rings (SSSR count). The maximum atomic E-state index is 9.70. The molecule has 1 saturated heterocycles. The second-order valence-electron chi connectivity index (χ2n) is 6.40. The molecule has 1 aliphatic heterocycles. The van der Waals surface area contributed by atoms with E-state index in [9.17, 15) is 5.11 Å². The molecule has 2 fully saturated rings. The van der Waals surface area contributed by atoms with Crippen molar-refractivity contribution in [1.82, 2.24) is 10.2 Å². The average molecular weight is 270 g/mol. The molecular weight excluding hydrogens is 240 g/mol. The molecule has 4 heteroatoms. The van der Waals surface area contributed by atoms with Crippen LogP contribution in [0.5, 0.6) is 0 Å². The van der Waals surface area contributed by atoms with Crippen LogP contribution in [0.25, 0.3) is 0 Å². The molecule has 1 saturated carbocycles. The predicted octanol–water partition coefficient (Wildman–Crippen LogP) is 1.24. The van der Waals surface area contributed by atoms with Crippen LogP contribution in [0, 0.1) is 5.92 Å². The molecule has 4 unspecified atom stereocenters. The van der Waals surface area contributed by atoms with Crippen LogP contribution in [-0.2, 0) is 4.74 Å². The second-order valence-corrected chi connectivity index (χ2v) is 6.40. The summed E-state index contributed by atoms with van der Waals surface area (Å²) >= 11 is 0. The number of hydrogen-bond acceptors (Lipinski definition) is 4. The monoisotopic (exact) mass is 270 g/mol. The van der Waals surface area contributed by atoms with Gasteiger partial charge in [-0.25, -0.2) is 0 Å². The van der Waals surface area contributed by atoms with Crippen molar-refractivity contribution in [2.24, 2.45) is 5.92 Å².